The molecule has 0 aliphatic heterocycles. The molecule has 2 aromatic rings. The van der Waals surface area contributed by atoms with Gasteiger partial charge in [0.2, 0.25) is 0 Å². The Hall–Kier alpha value is -2.36. The van der Waals surface area contributed by atoms with Gasteiger partial charge in [0.05, 0.1) is 5.56 Å². The Labute approximate surface area is 117 Å². The van der Waals surface area contributed by atoms with Gasteiger partial charge in [-0.1, -0.05) is 24.3 Å². The molecule has 0 atom stereocenters. The summed E-state index contributed by atoms with van der Waals surface area (Å²) in [5, 5.41) is 8.81. The Bertz CT molecular complexity index is 640. The Balaban J connectivity index is 2.22. The molecule has 0 aliphatic carbocycles. The fraction of sp³-hybridized carbons (Fsp3) is 0.188. The minimum Gasteiger partial charge on any atom is -0.478 e. The molecule has 0 radical (unpaired) electrons. The highest BCUT2D eigenvalue weighted by atomic mass is 19.1. The first-order chi connectivity index (χ1) is 9.49. The maximum Gasteiger partial charge on any atom is 0.338 e. The van der Waals surface area contributed by atoms with Crippen LogP contribution >= 0.6 is 0 Å². The number of carbonyl (C=O) groups is 1. The van der Waals surface area contributed by atoms with E-state index in [0.717, 1.165) is 5.56 Å². The van der Waals surface area contributed by atoms with Gasteiger partial charge in [-0.25, -0.2) is 9.18 Å². The van der Waals surface area contributed by atoms with Gasteiger partial charge in [-0.3, -0.25) is 0 Å². The largest absolute Gasteiger partial charge is 0.478 e. The zero-order chi connectivity index (χ0) is 14.7. The third kappa shape index (κ3) is 2.96. The van der Waals surface area contributed by atoms with Crippen LogP contribution in [0.1, 0.15) is 21.5 Å². The molecule has 3 nitrogen and oxygen atoms in total. The number of hydrogen-bond donors (Lipinski definition) is 1. The predicted molar refractivity (Wildman–Crippen MR) is 76.6 cm³/mol. The molecule has 0 heterocycles. The van der Waals surface area contributed by atoms with Crippen LogP contribution < -0.4 is 4.90 Å². The summed E-state index contributed by atoms with van der Waals surface area (Å²) >= 11 is 0. The third-order valence-corrected chi connectivity index (χ3v) is 3.29. The second-order valence-corrected chi connectivity index (χ2v) is 4.75. The van der Waals surface area contributed by atoms with Gasteiger partial charge in [0, 0.05) is 19.3 Å². The normalized spacial score (nSPS) is 10.3. The van der Waals surface area contributed by atoms with Crippen LogP contribution in [0.3, 0.4) is 0 Å². The molecule has 0 aromatic heterocycles. The monoisotopic (exact) mass is 273 g/mol. The highest BCUT2D eigenvalue weighted by Crippen LogP contribution is 2.20. The molecule has 1 N–H and O–H groups in total. The van der Waals surface area contributed by atoms with Gasteiger partial charge in [0.15, 0.2) is 0 Å². The summed E-state index contributed by atoms with van der Waals surface area (Å²) in [5.74, 6) is -1.97. The number of benzene rings is 2. The van der Waals surface area contributed by atoms with E-state index in [4.69, 9.17) is 5.11 Å². The first-order valence-electron chi connectivity index (χ1n) is 6.27. The van der Waals surface area contributed by atoms with Crippen molar-refractivity contribution in [1.82, 2.24) is 0 Å². The van der Waals surface area contributed by atoms with E-state index in [1.54, 1.807) is 6.07 Å². The van der Waals surface area contributed by atoms with E-state index in [2.05, 4.69) is 0 Å². The SMILES string of the molecule is Cc1ccccc1CN(C)c1ccc(C(=O)O)c(F)c1. The minimum absolute atomic E-state index is 0.307. The number of halogens is 1. The number of hydrogen-bond acceptors (Lipinski definition) is 2. The molecule has 4 heteroatoms. The van der Waals surface area contributed by atoms with E-state index >= 15 is 0 Å². The van der Waals surface area contributed by atoms with E-state index in [1.807, 2.05) is 43.1 Å². The molecular weight excluding hydrogens is 257 g/mol. The summed E-state index contributed by atoms with van der Waals surface area (Å²) in [6.45, 7) is 2.66. The fourth-order valence-electron chi connectivity index (χ4n) is 2.05. The van der Waals surface area contributed by atoms with Gasteiger partial charge in [0.1, 0.15) is 5.82 Å². The Morgan fingerprint density at radius 3 is 2.55 bits per heavy atom. The number of carboxylic acids is 1. The topological polar surface area (TPSA) is 40.5 Å². The number of anilines is 1. The Morgan fingerprint density at radius 1 is 1.25 bits per heavy atom. The first-order valence-corrected chi connectivity index (χ1v) is 6.27. The minimum atomic E-state index is -1.25. The van der Waals surface area contributed by atoms with Crippen LogP contribution in [-0.4, -0.2) is 18.1 Å². The number of nitrogens with zero attached hydrogens (tertiary/aromatic N) is 1. The van der Waals surface area contributed by atoms with Gasteiger partial charge >= 0.3 is 5.97 Å². The van der Waals surface area contributed by atoms with Crippen molar-refractivity contribution in [1.29, 1.82) is 0 Å². The van der Waals surface area contributed by atoms with Gasteiger partial charge in [-0.2, -0.15) is 0 Å². The molecule has 0 bridgehead atoms. The van der Waals surface area contributed by atoms with Gasteiger partial charge in [0.25, 0.3) is 0 Å². The highest BCUT2D eigenvalue weighted by Gasteiger charge is 2.12. The van der Waals surface area contributed by atoms with Gasteiger partial charge in [-0.05, 0) is 36.2 Å². The van der Waals surface area contributed by atoms with E-state index in [0.29, 0.717) is 12.2 Å². The second kappa shape index (κ2) is 5.74. The molecule has 0 aliphatic rings. The summed E-state index contributed by atoms with van der Waals surface area (Å²) in [4.78, 5) is 12.7. The average molecular weight is 273 g/mol. The van der Waals surface area contributed by atoms with E-state index in [1.165, 1.54) is 17.7 Å². The zero-order valence-electron chi connectivity index (χ0n) is 11.4. The standard InChI is InChI=1S/C16H16FNO2/c1-11-5-3-4-6-12(11)10-18(2)13-7-8-14(16(19)20)15(17)9-13/h3-9H,10H2,1-2H3,(H,19,20). The molecule has 0 amide bonds. The average Bonchev–Trinajstić information content (AvgIpc) is 2.40. The zero-order valence-corrected chi connectivity index (χ0v) is 11.4. The quantitative estimate of drug-likeness (QED) is 0.927. The summed E-state index contributed by atoms with van der Waals surface area (Å²) < 4.78 is 13.7. The van der Waals surface area contributed by atoms with E-state index < -0.39 is 11.8 Å². The van der Waals surface area contributed by atoms with E-state index in [9.17, 15) is 9.18 Å². The molecule has 0 fully saturated rings. The summed E-state index contributed by atoms with van der Waals surface area (Å²) in [5.41, 5.74) is 2.66. The molecule has 2 aromatic carbocycles. The van der Waals surface area contributed by atoms with E-state index in [-0.39, 0.29) is 5.56 Å². The number of aromatic carboxylic acids is 1. The lowest BCUT2D eigenvalue weighted by molar-refractivity contribution is 0.0692. The van der Waals surface area contributed by atoms with Crippen molar-refractivity contribution >= 4 is 11.7 Å². The Morgan fingerprint density at radius 2 is 1.95 bits per heavy atom. The molecule has 0 unspecified atom stereocenters. The van der Waals surface area contributed by atoms with Crippen molar-refractivity contribution in [3.8, 4) is 0 Å². The fourth-order valence-corrected chi connectivity index (χ4v) is 2.05. The molecule has 0 saturated carbocycles. The first kappa shape index (κ1) is 14.1. The van der Waals surface area contributed by atoms with Crippen molar-refractivity contribution in [2.45, 2.75) is 13.5 Å². The molecular formula is C16H16FNO2. The van der Waals surface area contributed by atoms with Crippen LogP contribution in [0.4, 0.5) is 10.1 Å². The molecule has 0 saturated heterocycles. The van der Waals surface area contributed by atoms with Gasteiger partial charge < -0.3 is 10.0 Å². The lowest BCUT2D eigenvalue weighted by Crippen LogP contribution is -2.17. The van der Waals surface area contributed by atoms with Crippen LogP contribution in [0.25, 0.3) is 0 Å². The van der Waals surface area contributed by atoms with Crippen molar-refractivity contribution in [3.63, 3.8) is 0 Å². The smallest absolute Gasteiger partial charge is 0.338 e. The van der Waals surface area contributed by atoms with Crippen molar-refractivity contribution < 1.29 is 14.3 Å². The van der Waals surface area contributed by atoms with Crippen LogP contribution in [0.2, 0.25) is 0 Å². The molecule has 2 rings (SSSR count). The highest BCUT2D eigenvalue weighted by molar-refractivity contribution is 5.88. The van der Waals surface area contributed by atoms with Crippen molar-refractivity contribution in [2.75, 3.05) is 11.9 Å². The number of rotatable bonds is 4. The number of carboxylic acid groups (broad SMARTS) is 1. The third-order valence-electron chi connectivity index (χ3n) is 3.29. The molecule has 104 valence electrons. The summed E-state index contributed by atoms with van der Waals surface area (Å²) in [6.07, 6.45) is 0. The summed E-state index contributed by atoms with van der Waals surface area (Å²) in [7, 11) is 1.85. The maximum atomic E-state index is 13.7. The summed E-state index contributed by atoms with van der Waals surface area (Å²) in [6, 6.07) is 12.1. The van der Waals surface area contributed by atoms with Crippen LogP contribution in [0.5, 0.6) is 0 Å². The maximum absolute atomic E-state index is 13.7. The lowest BCUT2D eigenvalue weighted by atomic mass is 10.1. The van der Waals surface area contributed by atoms with Crippen LogP contribution in [0, 0.1) is 12.7 Å². The lowest BCUT2D eigenvalue weighted by Gasteiger charge is -2.21. The van der Waals surface area contributed by atoms with Crippen molar-refractivity contribution in [3.05, 3.63) is 65.0 Å². The second-order valence-electron chi connectivity index (χ2n) is 4.75. The predicted octanol–water partition coefficient (Wildman–Crippen LogP) is 3.47. The van der Waals surface area contributed by atoms with Crippen molar-refractivity contribution in [2.24, 2.45) is 0 Å². The number of aryl methyl sites for hydroxylation is 1. The van der Waals surface area contributed by atoms with Crippen LogP contribution in [0.15, 0.2) is 42.5 Å². The molecule has 0 spiro atoms. The molecule has 20 heavy (non-hydrogen) atoms. The van der Waals surface area contributed by atoms with Gasteiger partial charge in [-0.15, -0.1) is 0 Å². The Kier molecular flexibility index (Phi) is 4.03. The van der Waals surface area contributed by atoms with Crippen LogP contribution in [-0.2, 0) is 6.54 Å².